The van der Waals surface area contributed by atoms with Crippen LogP contribution in [0.5, 0.6) is 0 Å². The molecule has 1 unspecified atom stereocenters. The number of aryl methyl sites for hydroxylation is 1. The molecule has 3 rings (SSSR count). The number of anilines is 1. The van der Waals surface area contributed by atoms with Crippen LogP contribution >= 0.6 is 0 Å². The lowest BCUT2D eigenvalue weighted by Crippen LogP contribution is -2.37. The number of amides is 1. The quantitative estimate of drug-likeness (QED) is 0.468. The Balaban J connectivity index is 1.63. The minimum Gasteiger partial charge on any atom is -0.325 e. The Labute approximate surface area is 171 Å². The number of nitrogens with one attached hydrogen (secondary N) is 1. The Morgan fingerprint density at radius 2 is 1.69 bits per heavy atom. The summed E-state index contributed by atoms with van der Waals surface area (Å²) in [6.45, 7) is 2.02. The van der Waals surface area contributed by atoms with Gasteiger partial charge in [0.05, 0.1) is 6.04 Å². The van der Waals surface area contributed by atoms with Crippen LogP contribution in [0.4, 0.5) is 5.69 Å². The first-order chi connectivity index (χ1) is 14.0. The average molecular weight is 384 g/mol. The fourth-order valence-corrected chi connectivity index (χ4v) is 2.89. The number of hydrogen-bond acceptors (Lipinski definition) is 3. The molecule has 0 heterocycles. The van der Waals surface area contributed by atoms with Crippen LogP contribution in [0.3, 0.4) is 0 Å². The van der Waals surface area contributed by atoms with Gasteiger partial charge in [0.25, 0.3) is 0 Å². The van der Waals surface area contributed by atoms with Crippen LogP contribution in [0.1, 0.15) is 27.0 Å². The van der Waals surface area contributed by atoms with E-state index in [-0.39, 0.29) is 11.7 Å². The minimum absolute atomic E-state index is 0.129. The fraction of sp³-hybridized carbons (Fsp3) is 0.120. The zero-order valence-electron chi connectivity index (χ0n) is 16.3. The Morgan fingerprint density at radius 1 is 0.966 bits per heavy atom. The normalized spacial score (nSPS) is 11.9. The van der Waals surface area contributed by atoms with E-state index < -0.39 is 6.04 Å². The molecule has 0 fully saturated rings. The monoisotopic (exact) mass is 384 g/mol. The predicted octanol–water partition coefficient (Wildman–Crippen LogP) is 4.40. The van der Waals surface area contributed by atoms with Crippen LogP contribution < -0.4 is 11.1 Å². The van der Waals surface area contributed by atoms with E-state index in [1.807, 2.05) is 61.5 Å². The summed E-state index contributed by atoms with van der Waals surface area (Å²) in [6, 6.07) is 23.8. The number of ketones is 1. The minimum atomic E-state index is -0.668. The highest BCUT2D eigenvalue weighted by atomic mass is 16.2. The molecule has 3 aromatic rings. The van der Waals surface area contributed by atoms with Crippen molar-refractivity contribution >= 4 is 23.5 Å². The lowest BCUT2D eigenvalue weighted by atomic mass is 10.1. The van der Waals surface area contributed by atoms with Gasteiger partial charge in [0.2, 0.25) is 5.91 Å². The van der Waals surface area contributed by atoms with Gasteiger partial charge in [-0.25, -0.2) is 0 Å². The number of carbonyl (C=O) groups excluding carboxylic acids is 2. The summed E-state index contributed by atoms with van der Waals surface area (Å²) in [6.07, 6.45) is 3.76. The van der Waals surface area contributed by atoms with Crippen LogP contribution in [0.2, 0.25) is 0 Å². The van der Waals surface area contributed by atoms with Gasteiger partial charge in [-0.15, -0.1) is 0 Å². The van der Waals surface area contributed by atoms with Crippen molar-refractivity contribution in [2.45, 2.75) is 19.4 Å². The van der Waals surface area contributed by atoms with E-state index in [9.17, 15) is 9.59 Å². The summed E-state index contributed by atoms with van der Waals surface area (Å²) < 4.78 is 0. The Hall–Kier alpha value is -3.50. The summed E-state index contributed by atoms with van der Waals surface area (Å²) in [5, 5.41) is 2.80. The number of benzene rings is 3. The molecule has 0 spiro atoms. The van der Waals surface area contributed by atoms with Gasteiger partial charge >= 0.3 is 0 Å². The van der Waals surface area contributed by atoms with Gasteiger partial charge in [-0.3, -0.25) is 9.59 Å². The van der Waals surface area contributed by atoms with E-state index >= 15 is 0 Å². The highest BCUT2D eigenvalue weighted by molar-refractivity contribution is 6.07. The zero-order chi connectivity index (χ0) is 20.6. The number of nitrogens with two attached hydrogens (primary N) is 1. The molecule has 0 aliphatic heterocycles. The molecule has 4 nitrogen and oxygen atoms in total. The Kier molecular flexibility index (Phi) is 6.72. The van der Waals surface area contributed by atoms with E-state index in [1.165, 1.54) is 11.6 Å². The third kappa shape index (κ3) is 5.99. The molecule has 29 heavy (non-hydrogen) atoms. The Bertz CT molecular complexity index is 1010. The maximum absolute atomic E-state index is 12.5. The maximum atomic E-state index is 12.5. The summed E-state index contributed by atoms with van der Waals surface area (Å²) in [4.78, 5) is 24.9. The second-order valence-electron chi connectivity index (χ2n) is 6.97. The molecule has 3 N–H and O–H groups in total. The maximum Gasteiger partial charge on any atom is 0.241 e. The van der Waals surface area contributed by atoms with Crippen LogP contribution in [-0.2, 0) is 11.2 Å². The zero-order valence-corrected chi connectivity index (χ0v) is 16.3. The molecule has 1 atom stereocenters. The van der Waals surface area contributed by atoms with Crippen molar-refractivity contribution in [2.75, 3.05) is 5.32 Å². The van der Waals surface area contributed by atoms with E-state index in [0.29, 0.717) is 17.7 Å². The van der Waals surface area contributed by atoms with Gasteiger partial charge in [0.15, 0.2) is 5.78 Å². The van der Waals surface area contributed by atoms with Crippen LogP contribution in [-0.4, -0.2) is 17.7 Å². The predicted molar refractivity (Wildman–Crippen MR) is 118 cm³/mol. The standard InChI is InChI=1S/C25H24N2O2/c1-18-10-12-19(13-11-18)14-15-24(28)21-8-5-9-22(17-21)27-25(29)23(26)16-20-6-3-2-4-7-20/h2-15,17,23H,16,26H2,1H3,(H,27,29)/b15-14+. The van der Waals surface area contributed by atoms with Gasteiger partial charge in [0.1, 0.15) is 0 Å². The number of allylic oxidation sites excluding steroid dienone is 1. The molecule has 0 bridgehead atoms. The summed E-state index contributed by atoms with van der Waals surface area (Å²) >= 11 is 0. The first-order valence-electron chi connectivity index (χ1n) is 9.51. The summed E-state index contributed by atoms with van der Waals surface area (Å²) in [7, 11) is 0. The number of rotatable bonds is 7. The molecular formula is C25H24N2O2. The topological polar surface area (TPSA) is 72.2 Å². The van der Waals surface area contributed by atoms with Crippen LogP contribution in [0.15, 0.2) is 84.9 Å². The first-order valence-corrected chi connectivity index (χ1v) is 9.51. The molecule has 3 aromatic carbocycles. The molecule has 0 saturated heterocycles. The smallest absolute Gasteiger partial charge is 0.241 e. The highest BCUT2D eigenvalue weighted by Crippen LogP contribution is 2.14. The molecule has 0 aliphatic carbocycles. The van der Waals surface area contributed by atoms with Crippen molar-refractivity contribution in [2.24, 2.45) is 5.73 Å². The number of carbonyl (C=O) groups is 2. The third-order valence-electron chi connectivity index (χ3n) is 4.55. The number of hydrogen-bond donors (Lipinski definition) is 2. The fourth-order valence-electron chi connectivity index (χ4n) is 2.89. The Morgan fingerprint density at radius 3 is 2.41 bits per heavy atom. The second-order valence-corrected chi connectivity index (χ2v) is 6.97. The SMILES string of the molecule is Cc1ccc(/C=C/C(=O)c2cccc(NC(=O)C(N)Cc3ccccc3)c2)cc1. The second kappa shape index (κ2) is 9.62. The summed E-state index contributed by atoms with van der Waals surface area (Å²) in [5.74, 6) is -0.413. The van der Waals surface area contributed by atoms with Crippen LogP contribution in [0, 0.1) is 6.92 Å². The van der Waals surface area contributed by atoms with Crippen molar-refractivity contribution in [1.29, 1.82) is 0 Å². The van der Waals surface area contributed by atoms with E-state index in [1.54, 1.807) is 30.3 Å². The van der Waals surface area contributed by atoms with Gasteiger partial charge in [-0.2, -0.15) is 0 Å². The van der Waals surface area contributed by atoms with Gasteiger partial charge in [-0.05, 0) is 42.7 Å². The molecule has 4 heteroatoms. The van der Waals surface area contributed by atoms with Crippen molar-refractivity contribution in [3.63, 3.8) is 0 Å². The van der Waals surface area contributed by atoms with E-state index in [0.717, 1.165) is 11.1 Å². The molecular weight excluding hydrogens is 360 g/mol. The van der Waals surface area contributed by atoms with E-state index in [4.69, 9.17) is 5.73 Å². The summed E-state index contributed by atoms with van der Waals surface area (Å²) in [5.41, 5.74) is 10.2. The first kappa shape index (κ1) is 20.2. The van der Waals surface area contributed by atoms with Gasteiger partial charge in [-0.1, -0.05) is 78.4 Å². The molecule has 0 radical (unpaired) electrons. The lowest BCUT2D eigenvalue weighted by molar-refractivity contribution is -0.117. The molecule has 0 aromatic heterocycles. The van der Waals surface area contributed by atoms with Crippen LogP contribution in [0.25, 0.3) is 6.08 Å². The molecule has 0 aliphatic rings. The average Bonchev–Trinajstić information content (AvgIpc) is 2.74. The highest BCUT2D eigenvalue weighted by Gasteiger charge is 2.14. The molecule has 146 valence electrons. The van der Waals surface area contributed by atoms with Crippen molar-refractivity contribution < 1.29 is 9.59 Å². The van der Waals surface area contributed by atoms with Crippen molar-refractivity contribution in [1.82, 2.24) is 0 Å². The third-order valence-corrected chi connectivity index (χ3v) is 4.55. The lowest BCUT2D eigenvalue weighted by Gasteiger charge is -2.13. The van der Waals surface area contributed by atoms with E-state index in [2.05, 4.69) is 5.32 Å². The van der Waals surface area contributed by atoms with Crippen molar-refractivity contribution in [3.8, 4) is 0 Å². The van der Waals surface area contributed by atoms with Gasteiger partial charge in [0, 0.05) is 11.3 Å². The van der Waals surface area contributed by atoms with Gasteiger partial charge < -0.3 is 11.1 Å². The largest absolute Gasteiger partial charge is 0.325 e. The molecule has 0 saturated carbocycles. The van der Waals surface area contributed by atoms with Crippen molar-refractivity contribution in [3.05, 3.63) is 107 Å². The molecule has 1 amide bonds.